The number of rotatable bonds is 2. The fraction of sp³-hybridized carbons (Fsp3) is 0.778. The van der Waals surface area contributed by atoms with Crippen LogP contribution in [-0.2, 0) is 4.84 Å². The summed E-state index contributed by atoms with van der Waals surface area (Å²) in [6.07, 6.45) is 1.61. The molecular formula is C9H15BrClNO. The maximum atomic E-state index is 6.05. The average Bonchev–Trinajstić information content (AvgIpc) is 2.28. The van der Waals surface area contributed by atoms with Gasteiger partial charge in [-0.25, -0.2) is 0 Å². The molecule has 0 amide bonds. The Bertz CT molecular complexity index is 222. The number of hydrogen-bond acceptors (Lipinski definition) is 2. The van der Waals surface area contributed by atoms with Gasteiger partial charge in [-0.1, -0.05) is 41.4 Å². The highest BCUT2D eigenvalue weighted by Gasteiger charge is 2.39. The van der Waals surface area contributed by atoms with Gasteiger partial charge < -0.3 is 4.84 Å². The summed E-state index contributed by atoms with van der Waals surface area (Å²) in [5.74, 6) is 0.433. The Morgan fingerprint density at radius 2 is 2.15 bits per heavy atom. The summed E-state index contributed by atoms with van der Waals surface area (Å²) in [7, 11) is 0. The zero-order chi connectivity index (χ0) is 10.2. The van der Waals surface area contributed by atoms with Crippen LogP contribution in [0.25, 0.3) is 0 Å². The summed E-state index contributed by atoms with van der Waals surface area (Å²) >= 11 is 9.60. The Hall–Kier alpha value is 0.270. The second kappa shape index (κ2) is 3.79. The molecule has 13 heavy (non-hydrogen) atoms. The predicted molar refractivity (Wildman–Crippen MR) is 58.5 cm³/mol. The number of nitrogens with zero attached hydrogens (tertiary/aromatic N) is 1. The van der Waals surface area contributed by atoms with Crippen molar-refractivity contribution in [2.45, 2.75) is 38.2 Å². The molecule has 0 aromatic rings. The van der Waals surface area contributed by atoms with E-state index < -0.39 is 0 Å². The molecule has 0 N–H and O–H groups in total. The first-order valence-electron chi connectivity index (χ1n) is 4.34. The molecule has 0 fully saturated rings. The molecule has 0 aromatic carbocycles. The van der Waals surface area contributed by atoms with E-state index in [1.165, 1.54) is 0 Å². The lowest BCUT2D eigenvalue weighted by Gasteiger charge is -2.34. The fourth-order valence-corrected chi connectivity index (χ4v) is 2.08. The number of alkyl halides is 1. The van der Waals surface area contributed by atoms with Crippen LogP contribution in [0.4, 0.5) is 0 Å². The minimum absolute atomic E-state index is 0.149. The van der Waals surface area contributed by atoms with Crippen molar-refractivity contribution in [1.82, 2.24) is 5.06 Å². The van der Waals surface area contributed by atoms with Gasteiger partial charge in [0.1, 0.15) is 10.7 Å². The zero-order valence-corrected chi connectivity index (χ0v) is 10.7. The van der Waals surface area contributed by atoms with Crippen LogP contribution in [0.5, 0.6) is 0 Å². The van der Waals surface area contributed by atoms with Crippen molar-refractivity contribution >= 4 is 27.5 Å². The third-order valence-electron chi connectivity index (χ3n) is 1.97. The molecule has 1 aliphatic rings. The van der Waals surface area contributed by atoms with Crippen LogP contribution in [0.3, 0.4) is 0 Å². The van der Waals surface area contributed by atoms with E-state index >= 15 is 0 Å². The Balaban J connectivity index is 2.81. The van der Waals surface area contributed by atoms with Crippen molar-refractivity contribution in [3.05, 3.63) is 11.3 Å². The molecule has 4 heteroatoms. The van der Waals surface area contributed by atoms with Crippen LogP contribution in [0.15, 0.2) is 11.3 Å². The van der Waals surface area contributed by atoms with E-state index in [-0.39, 0.29) is 10.5 Å². The SMILES string of the molecule is CC(C)C1C(Cl)=CON1C(C)(C)Br. The first kappa shape index (κ1) is 11.3. The molecule has 2 nitrogen and oxygen atoms in total. The molecule has 1 aliphatic heterocycles. The summed E-state index contributed by atoms with van der Waals surface area (Å²) in [4.78, 5) is 5.40. The van der Waals surface area contributed by atoms with Crippen molar-refractivity contribution < 1.29 is 4.84 Å². The highest BCUT2D eigenvalue weighted by molar-refractivity contribution is 9.10. The minimum Gasteiger partial charge on any atom is -0.411 e. The number of hydroxylamine groups is 2. The van der Waals surface area contributed by atoms with Crippen LogP contribution in [0, 0.1) is 5.92 Å². The predicted octanol–water partition coefficient (Wildman–Crippen LogP) is 3.47. The molecule has 1 rings (SSSR count). The molecule has 0 radical (unpaired) electrons. The van der Waals surface area contributed by atoms with Crippen LogP contribution >= 0.6 is 27.5 Å². The Morgan fingerprint density at radius 1 is 1.62 bits per heavy atom. The van der Waals surface area contributed by atoms with Gasteiger partial charge in [0.05, 0.1) is 11.1 Å². The van der Waals surface area contributed by atoms with E-state index in [1.807, 2.05) is 18.9 Å². The van der Waals surface area contributed by atoms with Gasteiger partial charge in [-0.2, -0.15) is 0 Å². The summed E-state index contributed by atoms with van der Waals surface area (Å²) in [5, 5.41) is 2.64. The van der Waals surface area contributed by atoms with E-state index in [4.69, 9.17) is 16.4 Å². The smallest absolute Gasteiger partial charge is 0.127 e. The van der Waals surface area contributed by atoms with Crippen LogP contribution < -0.4 is 0 Å². The highest BCUT2D eigenvalue weighted by Crippen LogP contribution is 2.36. The second-order valence-corrected chi connectivity index (χ2v) is 6.41. The van der Waals surface area contributed by atoms with E-state index in [9.17, 15) is 0 Å². The molecule has 1 atom stereocenters. The largest absolute Gasteiger partial charge is 0.411 e. The van der Waals surface area contributed by atoms with Crippen molar-refractivity contribution in [3.8, 4) is 0 Å². The van der Waals surface area contributed by atoms with E-state index in [0.717, 1.165) is 5.03 Å². The van der Waals surface area contributed by atoms with Gasteiger partial charge in [0.25, 0.3) is 0 Å². The van der Waals surface area contributed by atoms with Crippen molar-refractivity contribution in [2.24, 2.45) is 5.92 Å². The Morgan fingerprint density at radius 3 is 2.46 bits per heavy atom. The van der Waals surface area contributed by atoms with E-state index in [2.05, 4.69) is 29.8 Å². The standard InChI is InChI=1S/C9H15BrClNO/c1-6(2)8-7(11)5-13-12(8)9(3,4)10/h5-6,8H,1-4H3. The molecule has 1 heterocycles. The summed E-state index contributed by atoms with van der Waals surface area (Å²) in [5.41, 5.74) is 0. The minimum atomic E-state index is -0.199. The third-order valence-corrected chi connectivity index (χ3v) is 2.63. The molecule has 0 bridgehead atoms. The zero-order valence-electron chi connectivity index (χ0n) is 8.34. The highest BCUT2D eigenvalue weighted by atomic mass is 79.9. The Labute approximate surface area is 93.0 Å². The second-order valence-electron chi connectivity index (χ2n) is 4.03. The lowest BCUT2D eigenvalue weighted by Crippen LogP contribution is -2.44. The lowest BCUT2D eigenvalue weighted by atomic mass is 10.0. The topological polar surface area (TPSA) is 12.5 Å². The molecular weight excluding hydrogens is 253 g/mol. The maximum Gasteiger partial charge on any atom is 0.127 e. The number of halogens is 2. The van der Waals surface area contributed by atoms with E-state index in [1.54, 1.807) is 6.26 Å². The fourth-order valence-electron chi connectivity index (χ4n) is 1.40. The third kappa shape index (κ3) is 2.39. The summed E-state index contributed by atoms with van der Waals surface area (Å²) < 4.78 is -0.199. The lowest BCUT2D eigenvalue weighted by molar-refractivity contribution is -0.146. The van der Waals surface area contributed by atoms with E-state index in [0.29, 0.717) is 5.92 Å². The van der Waals surface area contributed by atoms with Gasteiger partial charge in [-0.15, -0.1) is 5.06 Å². The summed E-state index contributed by atoms with van der Waals surface area (Å²) in [6.45, 7) is 8.32. The van der Waals surface area contributed by atoms with Gasteiger partial charge >= 0.3 is 0 Å². The quantitative estimate of drug-likeness (QED) is 0.562. The van der Waals surface area contributed by atoms with Gasteiger partial charge in [0.2, 0.25) is 0 Å². The Kier molecular flexibility index (Phi) is 3.31. The first-order chi connectivity index (χ1) is 5.84. The van der Waals surface area contributed by atoms with Crippen LogP contribution in [-0.4, -0.2) is 15.6 Å². The van der Waals surface area contributed by atoms with Gasteiger partial charge in [0.15, 0.2) is 0 Å². The van der Waals surface area contributed by atoms with Crippen molar-refractivity contribution in [1.29, 1.82) is 0 Å². The van der Waals surface area contributed by atoms with Crippen molar-refractivity contribution in [3.63, 3.8) is 0 Å². The van der Waals surface area contributed by atoms with Crippen LogP contribution in [0.1, 0.15) is 27.7 Å². The molecule has 1 unspecified atom stereocenters. The molecule has 0 saturated heterocycles. The monoisotopic (exact) mass is 267 g/mol. The molecule has 0 aromatic heterocycles. The van der Waals surface area contributed by atoms with Crippen molar-refractivity contribution in [2.75, 3.05) is 0 Å². The average molecular weight is 269 g/mol. The molecule has 0 saturated carbocycles. The molecule has 76 valence electrons. The normalized spacial score (nSPS) is 24.8. The first-order valence-corrected chi connectivity index (χ1v) is 5.51. The molecule has 0 aliphatic carbocycles. The van der Waals surface area contributed by atoms with Crippen LogP contribution in [0.2, 0.25) is 0 Å². The van der Waals surface area contributed by atoms with Gasteiger partial charge in [0, 0.05) is 0 Å². The van der Waals surface area contributed by atoms with Gasteiger partial charge in [-0.3, -0.25) is 0 Å². The number of hydrogen-bond donors (Lipinski definition) is 0. The molecule has 0 spiro atoms. The van der Waals surface area contributed by atoms with Gasteiger partial charge in [-0.05, 0) is 19.8 Å². The maximum absolute atomic E-state index is 6.05. The summed E-state index contributed by atoms with van der Waals surface area (Å²) in [6, 6.07) is 0.149.